The predicted octanol–water partition coefficient (Wildman–Crippen LogP) is 1.09. The number of ether oxygens (including phenoxy) is 1. The van der Waals surface area contributed by atoms with Gasteiger partial charge in [-0.1, -0.05) is 135 Å². The Labute approximate surface area is 505 Å². The molecule has 4 rings (SSSR count). The Hall–Kier alpha value is -9.23. The number of hydrogen-bond acceptors (Lipinski definition) is 14. The van der Waals surface area contributed by atoms with E-state index in [0.717, 1.165) is 11.1 Å². The van der Waals surface area contributed by atoms with Crippen LogP contribution in [-0.4, -0.2) is 154 Å². The third-order valence-electron chi connectivity index (χ3n) is 13.2. The molecule has 25 heteroatoms. The van der Waals surface area contributed by atoms with E-state index in [4.69, 9.17) is 10.5 Å². The first-order valence-corrected chi connectivity index (χ1v) is 28.5. The van der Waals surface area contributed by atoms with Gasteiger partial charge in [0, 0.05) is 31.8 Å². The van der Waals surface area contributed by atoms with Crippen molar-refractivity contribution in [2.24, 2.45) is 11.7 Å². The quantitative estimate of drug-likeness (QED) is 0.0307. The molecule has 9 amide bonds. The maximum Gasteiger partial charge on any atom is 0.407 e. The third kappa shape index (κ3) is 26.7. The fourth-order valence-electron chi connectivity index (χ4n) is 8.97. The van der Waals surface area contributed by atoms with Crippen LogP contribution in [0.3, 0.4) is 0 Å². The zero-order chi connectivity index (χ0) is 64.2. The predicted molar refractivity (Wildman–Crippen MR) is 320 cm³/mol. The van der Waals surface area contributed by atoms with Crippen LogP contribution in [0.25, 0.3) is 0 Å². The van der Waals surface area contributed by atoms with Gasteiger partial charge in [0.1, 0.15) is 41.9 Å². The van der Waals surface area contributed by atoms with Gasteiger partial charge in [-0.15, -0.1) is 0 Å². The highest BCUT2D eigenvalue weighted by molar-refractivity contribution is 5.98. The van der Waals surface area contributed by atoms with Crippen LogP contribution in [0.4, 0.5) is 4.79 Å². The van der Waals surface area contributed by atoms with Gasteiger partial charge < -0.3 is 73.6 Å². The molecule has 0 spiro atoms. The van der Waals surface area contributed by atoms with Gasteiger partial charge in [-0.3, -0.25) is 43.2 Å². The lowest BCUT2D eigenvalue weighted by Crippen LogP contribution is -2.60. The number of amides is 9. The summed E-state index contributed by atoms with van der Waals surface area (Å²) in [4.78, 5) is 147. The first kappa shape index (κ1) is 70.3. The summed E-state index contributed by atoms with van der Waals surface area (Å²) >= 11 is 0. The van der Waals surface area contributed by atoms with Crippen molar-refractivity contribution in [3.63, 3.8) is 0 Å². The van der Waals surface area contributed by atoms with Crippen LogP contribution in [0, 0.1) is 5.92 Å². The summed E-state index contributed by atoms with van der Waals surface area (Å²) in [5.74, 6) is -10.7. The summed E-state index contributed by atoms with van der Waals surface area (Å²) in [5.41, 5.74) is 7.31. The maximum atomic E-state index is 14.4. The minimum atomic E-state index is -1.76. The summed E-state index contributed by atoms with van der Waals surface area (Å²) in [6, 6.07) is 24.0. The Bertz CT molecular complexity index is 2930. The molecule has 4 aromatic carbocycles. The van der Waals surface area contributed by atoms with Crippen LogP contribution in [0.5, 0.6) is 0 Å². The minimum absolute atomic E-state index is 0.0350. The number of nitrogens with one attached hydrogen (secondary N) is 9. The second kappa shape index (κ2) is 35.3. The van der Waals surface area contributed by atoms with Gasteiger partial charge in [-0.05, 0) is 81.5 Å². The SMILES string of the molecule is CC(C)C[C@H](NC(=O)[C@@H](NC(=O)CNC(=O)[C@H](Cc1ccccc1)NC(=O)[C@H](CCC(=O)O)NC(=O)[C@H](Cc1ccccc1)NC[C@H](Cc1ccccc1)NC(=O)OC(C)(C)C)[C@@H](C)O)C(=O)N[C@@H](CC(N)=O)C(=O)N[C@@H](Cc1ccccc1)C(=O)O. The molecule has 0 aliphatic carbocycles. The summed E-state index contributed by atoms with van der Waals surface area (Å²) in [5, 5.41) is 53.7. The van der Waals surface area contributed by atoms with E-state index in [1.807, 2.05) is 30.3 Å². The monoisotopic (exact) mass is 1210 g/mol. The number of carbonyl (C=O) groups excluding carboxylic acids is 9. The lowest BCUT2D eigenvalue weighted by Gasteiger charge is -2.28. The molecule has 9 atom stereocenters. The fraction of sp³-hybridized carbons (Fsp3) is 0.435. The number of benzene rings is 4. The second-order valence-electron chi connectivity index (χ2n) is 22.4. The molecule has 0 unspecified atom stereocenters. The number of carboxylic acid groups (broad SMARTS) is 2. The minimum Gasteiger partial charge on any atom is -0.481 e. The average Bonchev–Trinajstić information content (AvgIpc) is 3.56. The number of hydrogen-bond donors (Lipinski definition) is 13. The molecule has 0 radical (unpaired) electrons. The van der Waals surface area contributed by atoms with E-state index < -0.39 is 151 Å². The number of aliphatic hydroxyl groups is 1. The van der Waals surface area contributed by atoms with Gasteiger partial charge >= 0.3 is 18.0 Å². The van der Waals surface area contributed by atoms with Crippen molar-refractivity contribution < 1.29 is 72.8 Å². The van der Waals surface area contributed by atoms with Gasteiger partial charge in [0.25, 0.3) is 0 Å². The van der Waals surface area contributed by atoms with Crippen LogP contribution in [0.15, 0.2) is 121 Å². The summed E-state index contributed by atoms with van der Waals surface area (Å²) < 4.78 is 5.53. The summed E-state index contributed by atoms with van der Waals surface area (Å²) in [7, 11) is 0. The van der Waals surface area contributed by atoms with Crippen molar-refractivity contribution in [2.75, 3.05) is 13.1 Å². The molecular weight excluding hydrogens is 1120 g/mol. The largest absolute Gasteiger partial charge is 0.481 e. The van der Waals surface area contributed by atoms with Crippen LogP contribution >= 0.6 is 0 Å². The van der Waals surface area contributed by atoms with Gasteiger partial charge in [-0.2, -0.15) is 0 Å². The first-order chi connectivity index (χ1) is 41.2. The van der Waals surface area contributed by atoms with Gasteiger partial charge in [0.2, 0.25) is 47.3 Å². The second-order valence-corrected chi connectivity index (χ2v) is 22.4. The smallest absolute Gasteiger partial charge is 0.407 e. The van der Waals surface area contributed by atoms with Crippen molar-refractivity contribution >= 4 is 65.3 Å². The Morgan fingerprint density at radius 2 is 0.931 bits per heavy atom. The molecule has 470 valence electrons. The van der Waals surface area contributed by atoms with E-state index >= 15 is 0 Å². The molecule has 0 aliphatic heterocycles. The lowest BCUT2D eigenvalue weighted by atomic mass is 10.0. The molecule has 0 saturated carbocycles. The Kier molecular flexibility index (Phi) is 28.5. The van der Waals surface area contributed by atoms with E-state index in [1.54, 1.807) is 126 Å². The molecule has 87 heavy (non-hydrogen) atoms. The molecule has 0 heterocycles. The zero-order valence-corrected chi connectivity index (χ0v) is 49.7. The van der Waals surface area contributed by atoms with Gasteiger partial charge in [0.15, 0.2) is 0 Å². The molecule has 0 fully saturated rings. The zero-order valence-electron chi connectivity index (χ0n) is 49.7. The summed E-state index contributed by atoms with van der Waals surface area (Å²) in [6.45, 7) is 8.94. The van der Waals surface area contributed by atoms with Gasteiger partial charge in [0.05, 0.1) is 25.1 Å². The Balaban J connectivity index is 1.51. The number of alkyl carbamates (subject to hydrolysis) is 1. The molecule has 0 aliphatic rings. The number of primary amides is 1. The van der Waals surface area contributed by atoms with Crippen molar-refractivity contribution in [3.05, 3.63) is 144 Å². The van der Waals surface area contributed by atoms with Crippen LogP contribution in [0.2, 0.25) is 0 Å². The number of carboxylic acids is 2. The van der Waals surface area contributed by atoms with Crippen molar-refractivity contribution in [2.45, 2.75) is 153 Å². The molecule has 14 N–H and O–H groups in total. The highest BCUT2D eigenvalue weighted by atomic mass is 16.6. The van der Waals surface area contributed by atoms with Crippen molar-refractivity contribution in [1.29, 1.82) is 0 Å². The normalized spacial score (nSPS) is 14.3. The Morgan fingerprint density at radius 1 is 0.506 bits per heavy atom. The molecule has 25 nitrogen and oxygen atoms in total. The number of aliphatic hydroxyl groups excluding tert-OH is 1. The van der Waals surface area contributed by atoms with Gasteiger partial charge in [-0.25, -0.2) is 9.59 Å². The standard InChI is InChI=1S/C62H82N10O15/c1-37(2)29-46(57(81)69-48(34-50(63)74)58(82)71-49(60(84)85)33-42-25-17-10-18-26-42)70-59(83)53(38(3)73)72-51(75)36-65-54(78)47(32-41-23-15-9-16-24-41)68-55(79)44(27-28-52(76)77)67-56(80)45(31-40-21-13-8-14-22-40)64-35-43(30-39-19-11-7-12-20-39)66-61(86)87-62(4,5)6/h7-26,37-38,43-49,53,64,73H,27-36H2,1-6H3,(H2,63,74)(H,65,78)(H,66,86)(H,67,80)(H,68,79)(H,69,81)(H,70,83)(H,71,82)(H,72,75)(H,76,77)(H,84,85)/t38-,43+,44+,45+,46+,47+,48+,49+,53+/m1/s1. The molecule has 0 bridgehead atoms. The average molecular weight is 1210 g/mol. The fourth-order valence-corrected chi connectivity index (χ4v) is 8.97. The molecule has 0 aromatic heterocycles. The maximum absolute atomic E-state index is 14.4. The number of carbonyl (C=O) groups is 11. The van der Waals surface area contributed by atoms with Crippen molar-refractivity contribution in [3.8, 4) is 0 Å². The number of aliphatic carboxylic acids is 2. The lowest BCUT2D eigenvalue weighted by molar-refractivity contribution is -0.142. The van der Waals surface area contributed by atoms with Crippen molar-refractivity contribution in [1.82, 2.24) is 47.9 Å². The third-order valence-corrected chi connectivity index (χ3v) is 13.2. The summed E-state index contributed by atoms with van der Waals surface area (Å²) in [6.07, 6.45) is -4.02. The van der Waals surface area contributed by atoms with Crippen LogP contribution < -0.4 is 53.6 Å². The van der Waals surface area contributed by atoms with Crippen LogP contribution in [-0.2, 0) is 78.4 Å². The van der Waals surface area contributed by atoms with E-state index in [2.05, 4.69) is 47.9 Å². The number of nitrogens with two attached hydrogens (primary N) is 1. The molecular formula is C62H82N10O15. The molecule has 0 saturated heterocycles. The topological polar surface area (TPSA) is 392 Å². The highest BCUT2D eigenvalue weighted by Gasteiger charge is 2.35. The first-order valence-electron chi connectivity index (χ1n) is 28.5. The highest BCUT2D eigenvalue weighted by Crippen LogP contribution is 2.13. The number of rotatable bonds is 35. The van der Waals surface area contributed by atoms with E-state index in [1.165, 1.54) is 6.92 Å². The van der Waals surface area contributed by atoms with Crippen LogP contribution in [0.1, 0.15) is 89.5 Å². The van der Waals surface area contributed by atoms with E-state index in [0.29, 0.717) is 17.5 Å². The van der Waals surface area contributed by atoms with E-state index in [9.17, 15) is 68.1 Å². The molecule has 4 aromatic rings. The Morgan fingerprint density at radius 3 is 1.40 bits per heavy atom. The van der Waals surface area contributed by atoms with E-state index in [-0.39, 0.29) is 38.1 Å².